The molecule has 1 saturated heterocycles. The highest BCUT2D eigenvalue weighted by molar-refractivity contribution is 7.92. The summed E-state index contributed by atoms with van der Waals surface area (Å²) in [6, 6.07) is 10.6. The number of phenolic OH excluding ortho intramolecular Hbond substituents is 1. The molecule has 1 amide bonds. The van der Waals surface area contributed by atoms with Gasteiger partial charge in [-0.15, -0.1) is 0 Å². The number of amides is 1. The van der Waals surface area contributed by atoms with E-state index in [-0.39, 0.29) is 29.9 Å². The van der Waals surface area contributed by atoms with Gasteiger partial charge >= 0.3 is 5.97 Å². The van der Waals surface area contributed by atoms with Gasteiger partial charge in [0.05, 0.1) is 18.0 Å². The lowest BCUT2D eigenvalue weighted by Gasteiger charge is -2.34. The van der Waals surface area contributed by atoms with Crippen LogP contribution in [0.1, 0.15) is 48.7 Å². The van der Waals surface area contributed by atoms with Crippen LogP contribution in [0.2, 0.25) is 0 Å². The van der Waals surface area contributed by atoms with Gasteiger partial charge in [-0.1, -0.05) is 19.9 Å². The third kappa shape index (κ3) is 8.07. The third-order valence-electron chi connectivity index (χ3n) is 6.51. The summed E-state index contributed by atoms with van der Waals surface area (Å²) in [5.41, 5.74) is 1.86. The average molecular weight is 549 g/mol. The molecule has 1 heterocycles. The molecule has 208 valence electrons. The van der Waals surface area contributed by atoms with Crippen molar-refractivity contribution in [2.75, 3.05) is 35.5 Å². The van der Waals surface area contributed by atoms with Crippen LogP contribution in [-0.4, -0.2) is 73.6 Å². The Morgan fingerprint density at radius 2 is 1.71 bits per heavy atom. The van der Waals surface area contributed by atoms with Crippen LogP contribution in [-0.2, 0) is 14.8 Å². The van der Waals surface area contributed by atoms with Crippen LogP contribution in [0.15, 0.2) is 42.5 Å². The first-order valence-corrected chi connectivity index (χ1v) is 14.3. The molecule has 0 aliphatic carbocycles. The van der Waals surface area contributed by atoms with Gasteiger partial charge in [-0.3, -0.25) is 9.52 Å². The molecule has 2 atom stereocenters. The smallest absolute Gasteiger partial charge is 0.326 e. The Balaban J connectivity index is 1.49. The number of piperidine rings is 1. The minimum absolute atomic E-state index is 0.0162. The van der Waals surface area contributed by atoms with Crippen LogP contribution >= 0.6 is 0 Å². The first-order valence-electron chi connectivity index (χ1n) is 12.4. The number of nitrogens with one attached hydrogen (secondary N) is 3. The SMILES string of the molecule is CC(C)[C@H](NC(=O)c1ccc(N2CCC(NCC(O)c3ccc(O)c(NS(C)(=O)=O)c3)CC2)cc1)C(=O)O. The summed E-state index contributed by atoms with van der Waals surface area (Å²) in [5.74, 6) is -1.94. The van der Waals surface area contributed by atoms with E-state index in [0.717, 1.165) is 37.9 Å². The van der Waals surface area contributed by atoms with E-state index in [1.807, 2.05) is 12.1 Å². The zero-order valence-electron chi connectivity index (χ0n) is 21.7. The molecular formula is C26H36N4O7S. The molecule has 1 unspecified atom stereocenters. The number of aliphatic hydroxyl groups is 1. The number of hydrogen-bond donors (Lipinski definition) is 6. The van der Waals surface area contributed by atoms with E-state index >= 15 is 0 Å². The van der Waals surface area contributed by atoms with Gasteiger partial charge in [-0.25, -0.2) is 13.2 Å². The minimum atomic E-state index is -3.57. The van der Waals surface area contributed by atoms with E-state index in [1.54, 1.807) is 32.0 Å². The first kappa shape index (κ1) is 29.2. The molecule has 0 bridgehead atoms. The summed E-state index contributed by atoms with van der Waals surface area (Å²) in [7, 11) is -3.57. The van der Waals surface area contributed by atoms with E-state index in [0.29, 0.717) is 11.1 Å². The van der Waals surface area contributed by atoms with Crippen molar-refractivity contribution in [1.29, 1.82) is 0 Å². The fourth-order valence-corrected chi connectivity index (χ4v) is 4.91. The summed E-state index contributed by atoms with van der Waals surface area (Å²) in [6.07, 6.45) is 1.77. The molecule has 0 aromatic heterocycles. The largest absolute Gasteiger partial charge is 0.506 e. The van der Waals surface area contributed by atoms with Crippen LogP contribution in [0, 0.1) is 5.92 Å². The number of nitrogens with zero attached hydrogens (tertiary/aromatic N) is 1. The van der Waals surface area contributed by atoms with Crippen molar-refractivity contribution in [1.82, 2.24) is 10.6 Å². The highest BCUT2D eigenvalue weighted by Gasteiger charge is 2.25. The second-order valence-electron chi connectivity index (χ2n) is 9.92. The van der Waals surface area contributed by atoms with Crippen LogP contribution in [0.5, 0.6) is 5.75 Å². The van der Waals surface area contributed by atoms with Crippen molar-refractivity contribution in [2.45, 2.75) is 44.9 Å². The molecule has 38 heavy (non-hydrogen) atoms. The lowest BCUT2D eigenvalue weighted by molar-refractivity contribution is -0.140. The van der Waals surface area contributed by atoms with Crippen molar-refractivity contribution in [3.8, 4) is 5.75 Å². The molecule has 12 heteroatoms. The number of aliphatic hydroxyl groups excluding tert-OH is 1. The Morgan fingerprint density at radius 3 is 2.26 bits per heavy atom. The number of carbonyl (C=O) groups is 2. The minimum Gasteiger partial charge on any atom is -0.506 e. The number of aromatic hydroxyl groups is 1. The third-order valence-corrected chi connectivity index (χ3v) is 7.10. The number of carboxylic acid groups (broad SMARTS) is 1. The summed E-state index contributed by atoms with van der Waals surface area (Å²) in [4.78, 5) is 26.0. The number of benzene rings is 2. The molecule has 2 aromatic carbocycles. The van der Waals surface area contributed by atoms with Crippen LogP contribution in [0.25, 0.3) is 0 Å². The zero-order valence-corrected chi connectivity index (χ0v) is 22.5. The highest BCUT2D eigenvalue weighted by Crippen LogP contribution is 2.28. The maximum absolute atomic E-state index is 12.5. The van der Waals surface area contributed by atoms with E-state index in [1.165, 1.54) is 12.1 Å². The maximum atomic E-state index is 12.5. The van der Waals surface area contributed by atoms with Crippen LogP contribution in [0.4, 0.5) is 11.4 Å². The monoisotopic (exact) mass is 548 g/mol. The Hall–Kier alpha value is -3.35. The van der Waals surface area contributed by atoms with E-state index < -0.39 is 34.0 Å². The second-order valence-corrected chi connectivity index (χ2v) is 11.7. The Morgan fingerprint density at radius 1 is 1.08 bits per heavy atom. The molecular weight excluding hydrogens is 512 g/mol. The van der Waals surface area contributed by atoms with E-state index in [9.17, 15) is 33.3 Å². The van der Waals surface area contributed by atoms with Crippen molar-refractivity contribution in [3.63, 3.8) is 0 Å². The number of carboxylic acids is 1. The maximum Gasteiger partial charge on any atom is 0.326 e. The molecule has 0 saturated carbocycles. The second kappa shape index (κ2) is 12.5. The molecule has 0 spiro atoms. The molecule has 1 aliphatic rings. The number of anilines is 2. The predicted molar refractivity (Wildman–Crippen MR) is 145 cm³/mol. The normalized spacial score (nSPS) is 16.2. The fourth-order valence-electron chi connectivity index (χ4n) is 4.34. The summed E-state index contributed by atoms with van der Waals surface area (Å²) in [6.45, 7) is 5.30. The molecule has 3 rings (SSSR count). The quantitative estimate of drug-likeness (QED) is 0.230. The number of aliphatic carboxylic acids is 1. The fraction of sp³-hybridized carbons (Fsp3) is 0.462. The zero-order chi connectivity index (χ0) is 28.0. The number of phenols is 1. The van der Waals surface area contributed by atoms with E-state index in [2.05, 4.69) is 20.3 Å². The topological polar surface area (TPSA) is 168 Å². The van der Waals surface area contributed by atoms with Crippen molar-refractivity contribution in [3.05, 3.63) is 53.6 Å². The lowest BCUT2D eigenvalue weighted by Crippen LogP contribution is -2.44. The van der Waals surface area contributed by atoms with Gasteiger partial charge in [0, 0.05) is 36.9 Å². The van der Waals surface area contributed by atoms with Gasteiger partial charge in [-0.05, 0) is 60.7 Å². The van der Waals surface area contributed by atoms with Gasteiger partial charge in [0.2, 0.25) is 10.0 Å². The number of sulfonamides is 1. The molecule has 1 fully saturated rings. The summed E-state index contributed by atoms with van der Waals surface area (Å²) in [5, 5.41) is 35.7. The first-order chi connectivity index (χ1) is 17.8. The number of hydrogen-bond acceptors (Lipinski definition) is 8. The van der Waals surface area contributed by atoms with Gasteiger partial charge in [-0.2, -0.15) is 0 Å². The van der Waals surface area contributed by atoms with E-state index in [4.69, 9.17) is 0 Å². The lowest BCUT2D eigenvalue weighted by atomic mass is 10.0. The van der Waals surface area contributed by atoms with Gasteiger partial charge in [0.15, 0.2) is 0 Å². The van der Waals surface area contributed by atoms with Crippen LogP contribution < -0.4 is 20.3 Å². The van der Waals surface area contributed by atoms with Gasteiger partial charge in [0.25, 0.3) is 5.91 Å². The standard InChI is InChI=1S/C26H36N4O7S/c1-16(2)24(26(34)35)28-25(33)17-4-7-20(8-5-17)30-12-10-19(11-13-30)27-15-23(32)18-6-9-22(31)21(14-18)29-38(3,36)37/h4-9,14,16,19,23-24,27,29,31-32H,10-13,15H2,1-3H3,(H,28,33)(H,34,35)/t23?,24-/m0/s1. The predicted octanol–water partition coefficient (Wildman–Crippen LogP) is 1.89. The van der Waals surface area contributed by atoms with Crippen molar-refractivity contribution >= 4 is 33.3 Å². The Kier molecular flexibility index (Phi) is 9.58. The van der Waals surface area contributed by atoms with Crippen LogP contribution in [0.3, 0.4) is 0 Å². The molecule has 1 aliphatic heterocycles. The summed E-state index contributed by atoms with van der Waals surface area (Å²) >= 11 is 0. The number of rotatable bonds is 11. The van der Waals surface area contributed by atoms with Crippen molar-refractivity contribution < 1.29 is 33.3 Å². The van der Waals surface area contributed by atoms with Crippen molar-refractivity contribution in [2.24, 2.45) is 5.92 Å². The average Bonchev–Trinajstić information content (AvgIpc) is 2.86. The molecule has 6 N–H and O–H groups in total. The highest BCUT2D eigenvalue weighted by atomic mass is 32.2. The summed E-state index contributed by atoms with van der Waals surface area (Å²) < 4.78 is 25.2. The molecule has 0 radical (unpaired) electrons. The van der Waals surface area contributed by atoms with Gasteiger partial charge < -0.3 is 30.9 Å². The molecule has 11 nitrogen and oxygen atoms in total. The number of carbonyl (C=O) groups excluding carboxylic acids is 1. The Labute approximate surface area is 222 Å². The molecule has 2 aromatic rings. The Bertz CT molecular complexity index is 1230. The van der Waals surface area contributed by atoms with Gasteiger partial charge in [0.1, 0.15) is 11.8 Å².